The van der Waals surface area contributed by atoms with E-state index in [1.807, 2.05) is 6.07 Å². The van der Waals surface area contributed by atoms with E-state index in [2.05, 4.69) is 4.90 Å². The van der Waals surface area contributed by atoms with Crippen molar-refractivity contribution in [2.75, 3.05) is 33.9 Å². The monoisotopic (exact) mass is 471 g/mol. The Labute approximate surface area is 197 Å². The maximum atomic E-state index is 13.8. The van der Waals surface area contributed by atoms with Crippen LogP contribution in [0.25, 0.3) is 0 Å². The number of ether oxygens (including phenoxy) is 2. The number of hydrogen-bond acceptors (Lipinski definition) is 6. The zero-order valence-corrected chi connectivity index (χ0v) is 19.6. The number of halogens is 1. The molecule has 1 atom stereocenters. The summed E-state index contributed by atoms with van der Waals surface area (Å²) in [5.74, 6) is -0.832. The van der Waals surface area contributed by atoms with Crippen molar-refractivity contribution >= 4 is 11.9 Å². The number of carbonyl (C=O) groups excluding carboxylic acids is 2. The molecule has 1 amide bonds. The standard InChI is InChI=1S/C25H30FN3O5/c1-33-21-15-22(30)28-13-12-27(16-17-6-5-7-18(26)14-17)11-9-19(28)23(21)24(31)29-10-4-3-8-20(29)25(32)34-2/h5-7,14-15,20H,3-4,8-13,16H2,1-2H3. The Kier molecular flexibility index (Phi) is 7.31. The van der Waals surface area contributed by atoms with Crippen molar-refractivity contribution in [3.8, 4) is 5.75 Å². The number of fused-ring (bicyclic) bond motifs is 1. The van der Waals surface area contributed by atoms with Crippen LogP contribution in [0.1, 0.15) is 40.9 Å². The van der Waals surface area contributed by atoms with E-state index in [0.717, 1.165) is 18.4 Å². The third kappa shape index (κ3) is 4.84. The molecule has 1 aromatic heterocycles. The van der Waals surface area contributed by atoms with E-state index in [1.54, 1.807) is 15.5 Å². The fourth-order valence-electron chi connectivity index (χ4n) is 4.94. The summed E-state index contributed by atoms with van der Waals surface area (Å²) in [4.78, 5) is 42.7. The zero-order valence-electron chi connectivity index (χ0n) is 19.6. The van der Waals surface area contributed by atoms with E-state index in [9.17, 15) is 18.8 Å². The summed E-state index contributed by atoms with van der Waals surface area (Å²) < 4.78 is 25.7. The van der Waals surface area contributed by atoms with Crippen LogP contribution in [0.3, 0.4) is 0 Å². The van der Waals surface area contributed by atoms with Gasteiger partial charge in [-0.1, -0.05) is 12.1 Å². The van der Waals surface area contributed by atoms with E-state index in [-0.39, 0.29) is 23.0 Å². The zero-order chi connectivity index (χ0) is 24.2. The molecule has 182 valence electrons. The highest BCUT2D eigenvalue weighted by molar-refractivity contribution is 6.00. The summed E-state index contributed by atoms with van der Waals surface area (Å²) in [6, 6.07) is 7.16. The molecule has 1 aromatic carbocycles. The van der Waals surface area contributed by atoms with Gasteiger partial charge in [0, 0.05) is 50.9 Å². The lowest BCUT2D eigenvalue weighted by molar-refractivity contribution is -0.147. The van der Waals surface area contributed by atoms with Crippen molar-refractivity contribution < 1.29 is 23.5 Å². The van der Waals surface area contributed by atoms with Crippen LogP contribution in [-0.2, 0) is 29.0 Å². The fraction of sp³-hybridized carbons (Fsp3) is 0.480. The first-order valence-corrected chi connectivity index (χ1v) is 11.6. The summed E-state index contributed by atoms with van der Waals surface area (Å²) in [5.41, 5.74) is 1.54. The number of amides is 1. The van der Waals surface area contributed by atoms with Crippen LogP contribution < -0.4 is 10.3 Å². The van der Waals surface area contributed by atoms with Crippen molar-refractivity contribution in [1.29, 1.82) is 0 Å². The molecule has 1 fully saturated rings. The summed E-state index contributed by atoms with van der Waals surface area (Å²) in [6.07, 6.45) is 2.61. The average Bonchev–Trinajstić information content (AvgIpc) is 3.06. The second kappa shape index (κ2) is 10.4. The largest absolute Gasteiger partial charge is 0.496 e. The predicted molar refractivity (Wildman–Crippen MR) is 123 cm³/mol. The molecule has 1 unspecified atom stereocenters. The lowest BCUT2D eigenvalue weighted by Gasteiger charge is -2.34. The van der Waals surface area contributed by atoms with Crippen molar-refractivity contribution in [2.45, 2.75) is 44.8 Å². The van der Waals surface area contributed by atoms with Crippen LogP contribution in [0.5, 0.6) is 5.75 Å². The van der Waals surface area contributed by atoms with Crippen molar-refractivity contribution in [1.82, 2.24) is 14.4 Å². The van der Waals surface area contributed by atoms with Gasteiger partial charge in [0.15, 0.2) is 0 Å². The van der Waals surface area contributed by atoms with Gasteiger partial charge in [-0.05, 0) is 37.0 Å². The molecular weight excluding hydrogens is 441 g/mol. The van der Waals surface area contributed by atoms with Crippen LogP contribution in [0.2, 0.25) is 0 Å². The minimum atomic E-state index is -0.654. The van der Waals surface area contributed by atoms with Gasteiger partial charge in [0.2, 0.25) is 0 Å². The van der Waals surface area contributed by atoms with Crippen LogP contribution in [0.15, 0.2) is 35.1 Å². The number of rotatable bonds is 5. The molecule has 2 aliphatic rings. The maximum Gasteiger partial charge on any atom is 0.328 e. The van der Waals surface area contributed by atoms with Gasteiger partial charge < -0.3 is 18.9 Å². The van der Waals surface area contributed by atoms with E-state index in [0.29, 0.717) is 56.8 Å². The van der Waals surface area contributed by atoms with Gasteiger partial charge in [-0.25, -0.2) is 9.18 Å². The molecular formula is C25H30FN3O5. The molecule has 1 saturated heterocycles. The first-order valence-electron chi connectivity index (χ1n) is 11.6. The molecule has 4 rings (SSSR count). The van der Waals surface area contributed by atoms with Crippen LogP contribution in [-0.4, -0.2) is 66.1 Å². The molecule has 0 N–H and O–H groups in total. The minimum absolute atomic E-state index is 0.217. The third-order valence-electron chi connectivity index (χ3n) is 6.65. The Hall–Kier alpha value is -3.20. The Bertz CT molecular complexity index is 1130. The van der Waals surface area contributed by atoms with Gasteiger partial charge in [0.05, 0.1) is 14.2 Å². The average molecular weight is 472 g/mol. The quantitative estimate of drug-likeness (QED) is 0.622. The molecule has 0 aliphatic carbocycles. The summed E-state index contributed by atoms with van der Waals surface area (Å²) >= 11 is 0. The molecule has 0 bridgehead atoms. The number of nitrogens with zero attached hydrogens (tertiary/aromatic N) is 3. The van der Waals surface area contributed by atoms with Gasteiger partial charge in [-0.15, -0.1) is 0 Å². The highest BCUT2D eigenvalue weighted by Gasteiger charge is 2.36. The molecule has 2 aliphatic heterocycles. The first-order chi connectivity index (χ1) is 16.4. The summed E-state index contributed by atoms with van der Waals surface area (Å²) in [5, 5.41) is 0. The number of carbonyl (C=O) groups is 2. The number of benzene rings is 1. The van der Waals surface area contributed by atoms with Gasteiger partial charge >= 0.3 is 5.97 Å². The number of esters is 1. The fourth-order valence-corrected chi connectivity index (χ4v) is 4.94. The number of aromatic nitrogens is 1. The Morgan fingerprint density at radius 1 is 1.09 bits per heavy atom. The number of piperidine rings is 1. The lowest BCUT2D eigenvalue weighted by Crippen LogP contribution is -2.49. The third-order valence-corrected chi connectivity index (χ3v) is 6.65. The van der Waals surface area contributed by atoms with E-state index < -0.39 is 12.0 Å². The molecule has 0 radical (unpaired) electrons. The van der Waals surface area contributed by atoms with Crippen LogP contribution in [0.4, 0.5) is 4.39 Å². The first kappa shape index (κ1) is 23.9. The van der Waals surface area contributed by atoms with Crippen molar-refractivity contribution in [3.63, 3.8) is 0 Å². The normalized spacial score (nSPS) is 18.7. The number of likely N-dealkylation sites (tertiary alicyclic amines) is 1. The van der Waals surface area contributed by atoms with Gasteiger partial charge in [-0.3, -0.25) is 14.5 Å². The van der Waals surface area contributed by atoms with Gasteiger partial charge in [-0.2, -0.15) is 0 Å². The molecule has 0 saturated carbocycles. The Balaban J connectivity index is 1.66. The van der Waals surface area contributed by atoms with E-state index in [4.69, 9.17) is 9.47 Å². The highest BCUT2D eigenvalue weighted by atomic mass is 19.1. The van der Waals surface area contributed by atoms with E-state index >= 15 is 0 Å². The Morgan fingerprint density at radius 3 is 2.65 bits per heavy atom. The van der Waals surface area contributed by atoms with Crippen LogP contribution in [0, 0.1) is 5.82 Å². The summed E-state index contributed by atoms with van der Waals surface area (Å²) in [7, 11) is 2.75. The van der Waals surface area contributed by atoms with E-state index in [1.165, 1.54) is 32.4 Å². The second-order valence-corrected chi connectivity index (χ2v) is 8.71. The molecule has 34 heavy (non-hydrogen) atoms. The second-order valence-electron chi connectivity index (χ2n) is 8.71. The molecule has 3 heterocycles. The maximum absolute atomic E-state index is 13.8. The van der Waals surface area contributed by atoms with Crippen LogP contribution >= 0.6 is 0 Å². The van der Waals surface area contributed by atoms with Crippen molar-refractivity contribution in [2.24, 2.45) is 0 Å². The lowest BCUT2D eigenvalue weighted by atomic mass is 9.99. The minimum Gasteiger partial charge on any atom is -0.496 e. The van der Waals surface area contributed by atoms with Crippen molar-refractivity contribution in [3.05, 3.63) is 63.3 Å². The number of hydrogen-bond donors (Lipinski definition) is 0. The SMILES string of the molecule is COC(=O)C1CCCCN1C(=O)c1c(OC)cc(=O)n2c1CCN(Cc1cccc(F)c1)CC2. The summed E-state index contributed by atoms with van der Waals surface area (Å²) in [6.45, 7) is 2.54. The topological polar surface area (TPSA) is 81.1 Å². The predicted octanol–water partition coefficient (Wildman–Crippen LogP) is 2.22. The molecule has 2 aromatic rings. The smallest absolute Gasteiger partial charge is 0.328 e. The Morgan fingerprint density at radius 2 is 1.91 bits per heavy atom. The number of methoxy groups -OCH3 is 2. The molecule has 8 nitrogen and oxygen atoms in total. The van der Waals surface area contributed by atoms with Gasteiger partial charge in [0.1, 0.15) is 23.2 Å². The van der Waals surface area contributed by atoms with Gasteiger partial charge in [0.25, 0.3) is 11.5 Å². The number of pyridine rings is 1. The molecule has 0 spiro atoms. The molecule has 9 heteroatoms. The highest BCUT2D eigenvalue weighted by Crippen LogP contribution is 2.28.